The Morgan fingerprint density at radius 3 is 2.73 bits per heavy atom. The third-order valence-electron chi connectivity index (χ3n) is 2.18. The van der Waals surface area contributed by atoms with Gasteiger partial charge in [-0.05, 0) is 36.2 Å². The van der Waals surface area contributed by atoms with Crippen LogP contribution in [0, 0.1) is 12.7 Å². The first-order valence-corrected chi connectivity index (χ1v) is 4.64. The van der Waals surface area contributed by atoms with E-state index in [9.17, 15) is 4.39 Å². The Morgan fingerprint density at radius 2 is 2.07 bits per heavy atom. The van der Waals surface area contributed by atoms with Gasteiger partial charge in [0, 0.05) is 17.4 Å². The van der Waals surface area contributed by atoms with Crippen LogP contribution < -0.4 is 5.73 Å². The van der Waals surface area contributed by atoms with Gasteiger partial charge in [-0.3, -0.25) is 4.98 Å². The van der Waals surface area contributed by atoms with Gasteiger partial charge in [0.2, 0.25) is 0 Å². The molecule has 2 aromatic rings. The number of nitrogens with two attached hydrogens (primary N) is 1. The van der Waals surface area contributed by atoms with Crippen molar-refractivity contribution >= 4 is 5.69 Å². The molecule has 0 saturated heterocycles. The highest BCUT2D eigenvalue weighted by Gasteiger charge is 2.05. The zero-order valence-electron chi connectivity index (χ0n) is 8.37. The van der Waals surface area contributed by atoms with Crippen LogP contribution >= 0.6 is 0 Å². The number of benzene rings is 1. The fraction of sp³-hybridized carbons (Fsp3) is 0.0833. The number of rotatable bonds is 1. The summed E-state index contributed by atoms with van der Waals surface area (Å²) in [5, 5.41) is 0. The van der Waals surface area contributed by atoms with Crippen LogP contribution in [0.5, 0.6) is 0 Å². The second kappa shape index (κ2) is 3.69. The maximum Gasteiger partial charge on any atom is 0.149 e. The van der Waals surface area contributed by atoms with E-state index in [1.807, 2.05) is 19.1 Å². The minimum absolute atomic E-state index is 0.331. The van der Waals surface area contributed by atoms with Crippen LogP contribution in [0.1, 0.15) is 5.56 Å². The smallest absolute Gasteiger partial charge is 0.149 e. The normalized spacial score (nSPS) is 10.3. The lowest BCUT2D eigenvalue weighted by atomic mass is 10.0. The number of nitrogen functional groups attached to an aromatic ring is 1. The SMILES string of the molecule is Cc1cc(N)cc(-c2ccncc2F)c1. The first kappa shape index (κ1) is 9.65. The van der Waals surface area contributed by atoms with Crippen molar-refractivity contribution in [1.82, 2.24) is 4.98 Å². The van der Waals surface area contributed by atoms with E-state index in [1.54, 1.807) is 18.3 Å². The molecule has 0 aliphatic heterocycles. The van der Waals surface area contributed by atoms with Crippen LogP contribution in [-0.2, 0) is 0 Å². The van der Waals surface area contributed by atoms with Gasteiger partial charge in [-0.15, -0.1) is 0 Å². The Morgan fingerprint density at radius 1 is 1.27 bits per heavy atom. The van der Waals surface area contributed by atoms with Crippen LogP contribution in [0.2, 0.25) is 0 Å². The lowest BCUT2D eigenvalue weighted by molar-refractivity contribution is 0.625. The van der Waals surface area contributed by atoms with E-state index in [1.165, 1.54) is 6.20 Å². The van der Waals surface area contributed by atoms with Crippen molar-refractivity contribution in [2.45, 2.75) is 6.92 Å². The zero-order valence-corrected chi connectivity index (χ0v) is 8.37. The summed E-state index contributed by atoms with van der Waals surface area (Å²) in [6, 6.07) is 7.15. The molecule has 0 spiro atoms. The van der Waals surface area contributed by atoms with Crippen LogP contribution in [0.25, 0.3) is 11.1 Å². The van der Waals surface area contributed by atoms with E-state index >= 15 is 0 Å². The Balaban J connectivity index is 2.59. The van der Waals surface area contributed by atoms with Crippen molar-refractivity contribution < 1.29 is 4.39 Å². The first-order valence-electron chi connectivity index (χ1n) is 4.64. The number of anilines is 1. The van der Waals surface area contributed by atoms with E-state index < -0.39 is 0 Å². The van der Waals surface area contributed by atoms with Gasteiger partial charge < -0.3 is 5.73 Å². The molecule has 0 amide bonds. The number of nitrogens with zero attached hydrogens (tertiary/aromatic N) is 1. The van der Waals surface area contributed by atoms with Gasteiger partial charge in [0.25, 0.3) is 0 Å². The molecule has 2 nitrogen and oxygen atoms in total. The molecule has 1 aromatic heterocycles. The summed E-state index contributed by atoms with van der Waals surface area (Å²) in [5.41, 5.74) is 8.68. The largest absolute Gasteiger partial charge is 0.399 e. The molecule has 3 heteroatoms. The van der Waals surface area contributed by atoms with Crippen molar-refractivity contribution in [2.24, 2.45) is 0 Å². The summed E-state index contributed by atoms with van der Waals surface area (Å²) >= 11 is 0. The van der Waals surface area contributed by atoms with Crippen molar-refractivity contribution in [3.63, 3.8) is 0 Å². The number of hydrogen-bond acceptors (Lipinski definition) is 2. The number of pyridine rings is 1. The molecule has 1 heterocycles. The minimum atomic E-state index is -0.331. The van der Waals surface area contributed by atoms with Crippen LogP contribution in [0.15, 0.2) is 36.7 Å². The molecule has 0 atom stereocenters. The van der Waals surface area contributed by atoms with Crippen molar-refractivity contribution in [3.05, 3.63) is 48.0 Å². The number of hydrogen-bond donors (Lipinski definition) is 1. The molecular weight excluding hydrogens is 191 g/mol. The lowest BCUT2D eigenvalue weighted by Crippen LogP contribution is -1.90. The molecule has 1 aromatic carbocycles. The van der Waals surface area contributed by atoms with E-state index in [0.717, 1.165) is 11.1 Å². The van der Waals surface area contributed by atoms with Gasteiger partial charge in [0.1, 0.15) is 5.82 Å². The standard InChI is InChI=1S/C12H11FN2/c1-8-4-9(6-10(14)5-8)11-2-3-15-7-12(11)13/h2-7H,14H2,1H3. The lowest BCUT2D eigenvalue weighted by Gasteiger charge is -2.05. The van der Waals surface area contributed by atoms with Crippen molar-refractivity contribution in [1.29, 1.82) is 0 Å². The topological polar surface area (TPSA) is 38.9 Å². The van der Waals surface area contributed by atoms with E-state index in [0.29, 0.717) is 11.3 Å². The molecule has 0 bridgehead atoms. The molecule has 0 unspecified atom stereocenters. The first-order chi connectivity index (χ1) is 7.16. The van der Waals surface area contributed by atoms with Crippen molar-refractivity contribution in [3.8, 4) is 11.1 Å². The second-order valence-electron chi connectivity index (χ2n) is 3.49. The van der Waals surface area contributed by atoms with Crippen molar-refractivity contribution in [2.75, 3.05) is 5.73 Å². The molecule has 0 fully saturated rings. The predicted octanol–water partition coefficient (Wildman–Crippen LogP) is 2.78. The number of aryl methyl sites for hydroxylation is 1. The molecular formula is C12H11FN2. The fourth-order valence-electron chi connectivity index (χ4n) is 1.58. The van der Waals surface area contributed by atoms with E-state index in [4.69, 9.17) is 5.73 Å². The average molecular weight is 202 g/mol. The molecule has 0 aliphatic carbocycles. The summed E-state index contributed by atoms with van der Waals surface area (Å²) < 4.78 is 13.4. The molecule has 0 saturated carbocycles. The fourth-order valence-corrected chi connectivity index (χ4v) is 1.58. The third kappa shape index (κ3) is 1.96. The van der Waals surface area contributed by atoms with Gasteiger partial charge in [0.05, 0.1) is 6.20 Å². The molecule has 0 aliphatic rings. The van der Waals surface area contributed by atoms with Gasteiger partial charge in [0.15, 0.2) is 0 Å². The van der Waals surface area contributed by atoms with Crippen LogP contribution in [0.4, 0.5) is 10.1 Å². The number of halogens is 1. The Hall–Kier alpha value is -1.90. The zero-order chi connectivity index (χ0) is 10.8. The highest BCUT2D eigenvalue weighted by Crippen LogP contribution is 2.24. The maximum atomic E-state index is 13.4. The van der Waals surface area contributed by atoms with E-state index in [-0.39, 0.29) is 5.82 Å². The second-order valence-corrected chi connectivity index (χ2v) is 3.49. The molecule has 15 heavy (non-hydrogen) atoms. The molecule has 2 N–H and O–H groups in total. The Kier molecular flexibility index (Phi) is 2.37. The summed E-state index contributed by atoms with van der Waals surface area (Å²) in [5.74, 6) is -0.331. The third-order valence-corrected chi connectivity index (χ3v) is 2.18. The molecule has 2 rings (SSSR count). The Bertz CT molecular complexity index is 474. The summed E-state index contributed by atoms with van der Waals surface area (Å²) in [7, 11) is 0. The highest BCUT2D eigenvalue weighted by atomic mass is 19.1. The van der Waals surface area contributed by atoms with Crippen LogP contribution in [0.3, 0.4) is 0 Å². The van der Waals surface area contributed by atoms with Gasteiger partial charge >= 0.3 is 0 Å². The van der Waals surface area contributed by atoms with Gasteiger partial charge in [-0.25, -0.2) is 4.39 Å². The van der Waals surface area contributed by atoms with Gasteiger partial charge in [-0.2, -0.15) is 0 Å². The summed E-state index contributed by atoms with van der Waals surface area (Å²) in [6.07, 6.45) is 2.77. The highest BCUT2D eigenvalue weighted by molar-refractivity contribution is 5.68. The quantitative estimate of drug-likeness (QED) is 0.722. The maximum absolute atomic E-state index is 13.4. The minimum Gasteiger partial charge on any atom is -0.399 e. The molecule has 76 valence electrons. The summed E-state index contributed by atoms with van der Waals surface area (Å²) in [6.45, 7) is 1.93. The number of aromatic nitrogens is 1. The van der Waals surface area contributed by atoms with E-state index in [2.05, 4.69) is 4.98 Å². The monoisotopic (exact) mass is 202 g/mol. The van der Waals surface area contributed by atoms with Crippen LogP contribution in [-0.4, -0.2) is 4.98 Å². The average Bonchev–Trinajstić information content (AvgIpc) is 2.16. The van der Waals surface area contributed by atoms with Gasteiger partial charge in [-0.1, -0.05) is 6.07 Å². The Labute approximate surface area is 87.6 Å². The predicted molar refractivity (Wildman–Crippen MR) is 58.8 cm³/mol. The summed E-state index contributed by atoms with van der Waals surface area (Å²) in [4.78, 5) is 3.71. The molecule has 0 radical (unpaired) electrons.